The highest BCUT2D eigenvalue weighted by Gasteiger charge is 2.16. The van der Waals surface area contributed by atoms with E-state index in [0.29, 0.717) is 5.75 Å². The van der Waals surface area contributed by atoms with E-state index in [-0.39, 0.29) is 6.61 Å². The molecule has 4 rings (SSSR count). The Kier molecular flexibility index (Phi) is 5.97. The van der Waals surface area contributed by atoms with Gasteiger partial charge >= 0.3 is 5.97 Å². The summed E-state index contributed by atoms with van der Waals surface area (Å²) in [5.74, 6) is -0.312. The van der Waals surface area contributed by atoms with Crippen LogP contribution in [-0.2, 0) is 24.2 Å². The van der Waals surface area contributed by atoms with Crippen LogP contribution < -0.4 is 4.74 Å². The highest BCUT2D eigenvalue weighted by molar-refractivity contribution is 7.10. The van der Waals surface area contributed by atoms with Gasteiger partial charge in [-0.05, 0) is 65.6 Å². The number of aliphatic carboxylic acids is 1. The van der Waals surface area contributed by atoms with Crippen LogP contribution in [-0.4, -0.2) is 35.7 Å². The molecular formula is C24H25NO3S. The second-order valence-electron chi connectivity index (χ2n) is 7.56. The highest BCUT2D eigenvalue weighted by Crippen LogP contribution is 2.28. The third kappa shape index (κ3) is 5.05. The molecule has 0 fully saturated rings. The molecule has 150 valence electrons. The quantitative estimate of drug-likeness (QED) is 0.638. The second kappa shape index (κ2) is 8.80. The van der Waals surface area contributed by atoms with Gasteiger partial charge in [-0.15, -0.1) is 11.3 Å². The lowest BCUT2D eigenvalue weighted by molar-refractivity contribution is -0.139. The lowest BCUT2D eigenvalue weighted by Gasteiger charge is -2.18. The zero-order valence-corrected chi connectivity index (χ0v) is 17.4. The van der Waals surface area contributed by atoms with Crippen molar-refractivity contribution in [2.24, 2.45) is 0 Å². The molecule has 2 aromatic carbocycles. The summed E-state index contributed by atoms with van der Waals surface area (Å²) in [6.07, 6.45) is 1.96. The Bertz CT molecular complexity index is 994. The molecule has 29 heavy (non-hydrogen) atoms. The first kappa shape index (κ1) is 19.7. The number of hydrogen-bond donors (Lipinski definition) is 1. The van der Waals surface area contributed by atoms with Crippen LogP contribution >= 0.6 is 11.3 Å². The molecule has 0 bridgehead atoms. The second-order valence-corrected chi connectivity index (χ2v) is 8.55. The Hall–Kier alpha value is -2.63. The number of carbonyl (C=O) groups is 1. The summed E-state index contributed by atoms with van der Waals surface area (Å²) in [4.78, 5) is 14.6. The summed E-state index contributed by atoms with van der Waals surface area (Å²) in [7, 11) is 0. The van der Waals surface area contributed by atoms with Crippen molar-refractivity contribution in [1.29, 1.82) is 0 Å². The van der Waals surface area contributed by atoms with Crippen LogP contribution in [0.3, 0.4) is 0 Å². The molecule has 1 aliphatic heterocycles. The predicted molar refractivity (Wildman–Crippen MR) is 117 cm³/mol. The maximum absolute atomic E-state index is 10.7. The number of carboxylic acid groups (broad SMARTS) is 1. The summed E-state index contributed by atoms with van der Waals surface area (Å²) in [5, 5.41) is 11.0. The molecule has 0 amide bonds. The number of carboxylic acids is 1. The van der Waals surface area contributed by atoms with E-state index in [4.69, 9.17) is 9.84 Å². The first-order valence-electron chi connectivity index (χ1n) is 9.90. The minimum atomic E-state index is -0.952. The maximum atomic E-state index is 10.7. The van der Waals surface area contributed by atoms with E-state index in [1.807, 2.05) is 23.5 Å². The summed E-state index contributed by atoms with van der Waals surface area (Å²) < 4.78 is 5.34. The average molecular weight is 408 g/mol. The first-order valence-corrected chi connectivity index (χ1v) is 10.8. The van der Waals surface area contributed by atoms with Crippen LogP contribution in [0.4, 0.5) is 0 Å². The molecule has 4 nitrogen and oxygen atoms in total. The Labute approximate surface area is 175 Å². The van der Waals surface area contributed by atoms with Gasteiger partial charge in [0.1, 0.15) is 5.75 Å². The molecule has 1 N–H and O–H groups in total. The Balaban J connectivity index is 1.39. The van der Waals surface area contributed by atoms with Gasteiger partial charge in [0.25, 0.3) is 0 Å². The zero-order chi connectivity index (χ0) is 20.2. The molecule has 0 spiro atoms. The predicted octanol–water partition coefficient (Wildman–Crippen LogP) is 4.79. The van der Waals surface area contributed by atoms with Crippen molar-refractivity contribution in [3.8, 4) is 16.9 Å². The molecule has 0 aliphatic carbocycles. The van der Waals surface area contributed by atoms with E-state index >= 15 is 0 Å². The number of nitrogens with zero attached hydrogens (tertiary/aromatic N) is 1. The number of aryl methyl sites for hydroxylation is 1. The minimum absolute atomic E-state index is 0.299. The van der Waals surface area contributed by atoms with Crippen molar-refractivity contribution in [1.82, 2.24) is 4.90 Å². The van der Waals surface area contributed by atoms with Crippen molar-refractivity contribution >= 4 is 17.3 Å². The first-order chi connectivity index (χ1) is 14.1. The normalized spacial score (nSPS) is 14.2. The average Bonchev–Trinajstić information content (AvgIpc) is 3.08. The van der Waals surface area contributed by atoms with Crippen molar-refractivity contribution in [3.05, 3.63) is 75.5 Å². The monoisotopic (exact) mass is 407 g/mol. The van der Waals surface area contributed by atoms with Gasteiger partial charge in [-0.25, -0.2) is 4.79 Å². The summed E-state index contributed by atoms with van der Waals surface area (Å²) in [6.45, 7) is 4.80. The van der Waals surface area contributed by atoms with E-state index in [1.54, 1.807) is 0 Å². The Morgan fingerprint density at radius 2 is 1.79 bits per heavy atom. The van der Waals surface area contributed by atoms with E-state index in [1.165, 1.54) is 32.7 Å². The summed E-state index contributed by atoms with van der Waals surface area (Å²) in [6, 6.07) is 17.0. The van der Waals surface area contributed by atoms with Gasteiger partial charge in [-0.2, -0.15) is 0 Å². The highest BCUT2D eigenvalue weighted by atomic mass is 32.1. The smallest absolute Gasteiger partial charge is 0.341 e. The van der Waals surface area contributed by atoms with Gasteiger partial charge in [0, 0.05) is 24.5 Å². The number of ether oxygens (including phenoxy) is 1. The van der Waals surface area contributed by atoms with Crippen molar-refractivity contribution in [3.63, 3.8) is 0 Å². The fourth-order valence-electron chi connectivity index (χ4n) is 3.72. The van der Waals surface area contributed by atoms with Crippen molar-refractivity contribution in [2.75, 3.05) is 19.7 Å². The number of hydrogen-bond acceptors (Lipinski definition) is 4. The molecule has 0 unspecified atom stereocenters. The third-order valence-corrected chi connectivity index (χ3v) is 6.27. The van der Waals surface area contributed by atoms with Crippen LogP contribution in [0.5, 0.6) is 5.75 Å². The third-order valence-electron chi connectivity index (χ3n) is 5.35. The molecule has 0 radical (unpaired) electrons. The van der Waals surface area contributed by atoms with Gasteiger partial charge in [0.2, 0.25) is 0 Å². The van der Waals surface area contributed by atoms with Crippen LogP contribution in [0, 0.1) is 6.92 Å². The molecule has 2 heterocycles. The van der Waals surface area contributed by atoms with Crippen LogP contribution in [0.25, 0.3) is 11.1 Å². The summed E-state index contributed by atoms with van der Waals surface area (Å²) in [5.41, 5.74) is 6.45. The molecule has 1 aromatic heterocycles. The van der Waals surface area contributed by atoms with Crippen LogP contribution in [0.15, 0.2) is 53.9 Å². The zero-order valence-electron chi connectivity index (χ0n) is 16.6. The molecule has 5 heteroatoms. The number of fused-ring (bicyclic) bond motifs is 1. The van der Waals surface area contributed by atoms with Gasteiger partial charge in [0.05, 0.1) is 0 Å². The van der Waals surface area contributed by atoms with Crippen molar-refractivity contribution in [2.45, 2.75) is 26.3 Å². The van der Waals surface area contributed by atoms with E-state index in [2.05, 4.69) is 53.6 Å². The molecular weight excluding hydrogens is 382 g/mol. The molecule has 0 saturated heterocycles. The van der Waals surface area contributed by atoms with Gasteiger partial charge in [-0.3, -0.25) is 4.90 Å². The Morgan fingerprint density at radius 1 is 1.03 bits per heavy atom. The SMILES string of the molecule is Cc1ccc(-c2csc(CN3CCc4ccc(OCC(=O)O)cc4CC3)c2)cc1. The number of thiophene rings is 1. The van der Waals surface area contributed by atoms with E-state index in [9.17, 15) is 4.79 Å². The van der Waals surface area contributed by atoms with E-state index < -0.39 is 5.97 Å². The number of benzene rings is 2. The lowest BCUT2D eigenvalue weighted by Crippen LogP contribution is -2.25. The maximum Gasteiger partial charge on any atom is 0.341 e. The fourth-order valence-corrected chi connectivity index (χ4v) is 4.66. The molecule has 0 saturated carbocycles. The van der Waals surface area contributed by atoms with Crippen molar-refractivity contribution < 1.29 is 14.6 Å². The van der Waals surface area contributed by atoms with E-state index in [0.717, 1.165) is 32.5 Å². The van der Waals surface area contributed by atoms with Gasteiger partial charge < -0.3 is 9.84 Å². The molecule has 0 atom stereocenters. The topological polar surface area (TPSA) is 49.8 Å². The number of rotatable bonds is 6. The van der Waals surface area contributed by atoms with Gasteiger partial charge in [-0.1, -0.05) is 35.9 Å². The Morgan fingerprint density at radius 3 is 2.55 bits per heavy atom. The summed E-state index contributed by atoms with van der Waals surface area (Å²) >= 11 is 1.83. The molecule has 1 aliphatic rings. The minimum Gasteiger partial charge on any atom is -0.482 e. The lowest BCUT2D eigenvalue weighted by atomic mass is 10.0. The molecule has 3 aromatic rings. The standard InChI is InChI=1S/C24H25NO3S/c1-17-2-4-18(5-3-17)21-13-23(29-16-21)14-25-10-8-19-6-7-22(28-15-24(26)27)12-20(19)9-11-25/h2-7,12-13,16H,8-11,14-15H2,1H3,(H,26,27). The largest absolute Gasteiger partial charge is 0.482 e. The van der Waals surface area contributed by atoms with Crippen LogP contribution in [0.1, 0.15) is 21.6 Å². The fraction of sp³-hybridized carbons (Fsp3) is 0.292. The van der Waals surface area contributed by atoms with Crippen LogP contribution in [0.2, 0.25) is 0 Å². The van der Waals surface area contributed by atoms with Gasteiger partial charge in [0.15, 0.2) is 6.61 Å².